The minimum atomic E-state index is -0.186. The van der Waals surface area contributed by atoms with Crippen molar-refractivity contribution >= 4 is 45.2 Å². The van der Waals surface area contributed by atoms with Gasteiger partial charge in [-0.1, -0.05) is 0 Å². The molecule has 3 aromatic heterocycles. The van der Waals surface area contributed by atoms with Crippen LogP contribution in [0.2, 0.25) is 0 Å². The van der Waals surface area contributed by atoms with Crippen LogP contribution in [0.3, 0.4) is 0 Å². The topological polar surface area (TPSA) is 121 Å². The second kappa shape index (κ2) is 8.97. The van der Waals surface area contributed by atoms with Crippen molar-refractivity contribution in [3.05, 3.63) is 47.9 Å². The summed E-state index contributed by atoms with van der Waals surface area (Å²) in [6.45, 7) is 0. The maximum atomic E-state index is 9.74. The highest BCUT2D eigenvalue weighted by molar-refractivity contribution is 7.17. The molecule has 9 heteroatoms. The average Bonchev–Trinajstić information content (AvgIpc) is 3.22. The number of fused-ring (bicyclic) bond motifs is 1. The first-order valence-corrected chi connectivity index (χ1v) is 10.4. The van der Waals surface area contributed by atoms with Gasteiger partial charge in [-0.25, -0.2) is 4.98 Å². The normalized spacial score (nSPS) is 20.2. The molecule has 4 rings (SSSR count). The molecule has 0 aliphatic heterocycles. The van der Waals surface area contributed by atoms with Gasteiger partial charge >= 0.3 is 0 Å². The number of anilines is 2. The standard InChI is InChI=1S/C20H23N7OS/c21-10-15(12-23-14-2-1-8-22-11-14)25-20-26-17-7-9-29-18(17)19(27-20)24-13-3-5-16(28)6-4-13/h1-2,7-13,16,28H,3-6,21H2,(H2,24,25,26,27). The van der Waals surface area contributed by atoms with Gasteiger partial charge in [0.2, 0.25) is 5.95 Å². The minimum absolute atomic E-state index is 0.186. The van der Waals surface area contributed by atoms with Gasteiger partial charge in [0, 0.05) is 18.4 Å². The third kappa shape index (κ3) is 4.87. The van der Waals surface area contributed by atoms with Gasteiger partial charge in [0.1, 0.15) is 5.82 Å². The molecule has 29 heavy (non-hydrogen) atoms. The summed E-state index contributed by atoms with van der Waals surface area (Å²) in [4.78, 5) is 17.7. The number of thiophene rings is 1. The summed E-state index contributed by atoms with van der Waals surface area (Å²) in [7, 11) is 0. The van der Waals surface area contributed by atoms with Gasteiger partial charge in [-0.3, -0.25) is 9.98 Å². The predicted octanol–water partition coefficient (Wildman–Crippen LogP) is 3.42. The highest BCUT2D eigenvalue weighted by Crippen LogP contribution is 2.30. The number of aromatic nitrogens is 3. The maximum absolute atomic E-state index is 9.74. The molecule has 0 aromatic carbocycles. The zero-order valence-electron chi connectivity index (χ0n) is 15.8. The Balaban J connectivity index is 1.53. The van der Waals surface area contributed by atoms with Crippen LogP contribution in [0.15, 0.2) is 52.9 Å². The third-order valence-electron chi connectivity index (χ3n) is 4.78. The summed E-state index contributed by atoms with van der Waals surface area (Å²) in [6, 6.07) is 5.94. The Labute approximate surface area is 172 Å². The molecule has 0 saturated heterocycles. The van der Waals surface area contributed by atoms with Crippen LogP contribution in [0.5, 0.6) is 0 Å². The van der Waals surface area contributed by atoms with Gasteiger partial charge in [0.25, 0.3) is 0 Å². The molecule has 0 amide bonds. The van der Waals surface area contributed by atoms with E-state index in [-0.39, 0.29) is 6.10 Å². The molecule has 8 nitrogen and oxygen atoms in total. The molecule has 3 aromatic rings. The smallest absolute Gasteiger partial charge is 0.229 e. The van der Waals surface area contributed by atoms with Crippen molar-refractivity contribution in [3.8, 4) is 0 Å². The van der Waals surface area contributed by atoms with Crippen molar-refractivity contribution in [1.29, 1.82) is 0 Å². The van der Waals surface area contributed by atoms with Gasteiger partial charge < -0.3 is 21.5 Å². The van der Waals surface area contributed by atoms with Gasteiger partial charge in [-0.05, 0) is 49.3 Å². The molecule has 0 radical (unpaired) electrons. The first-order chi connectivity index (χ1) is 14.2. The molecule has 1 saturated carbocycles. The largest absolute Gasteiger partial charge is 0.403 e. The minimum Gasteiger partial charge on any atom is -0.403 e. The third-order valence-corrected chi connectivity index (χ3v) is 5.69. The van der Waals surface area contributed by atoms with Crippen LogP contribution in [0, 0.1) is 0 Å². The fraction of sp³-hybridized carbons (Fsp3) is 0.300. The van der Waals surface area contributed by atoms with E-state index in [0.29, 0.717) is 17.7 Å². The van der Waals surface area contributed by atoms with Crippen LogP contribution in [-0.2, 0) is 0 Å². The van der Waals surface area contributed by atoms with Gasteiger partial charge in [0.05, 0.1) is 40.1 Å². The molecule has 0 unspecified atom stereocenters. The fourth-order valence-corrected chi connectivity index (χ4v) is 4.03. The lowest BCUT2D eigenvalue weighted by Crippen LogP contribution is -2.28. The molecule has 0 atom stereocenters. The van der Waals surface area contributed by atoms with Crippen LogP contribution in [0.4, 0.5) is 17.5 Å². The number of nitrogens with one attached hydrogen (secondary N) is 2. The van der Waals surface area contributed by atoms with E-state index in [9.17, 15) is 5.11 Å². The fourth-order valence-electron chi connectivity index (χ4n) is 3.25. The van der Waals surface area contributed by atoms with Crippen molar-refractivity contribution in [3.63, 3.8) is 0 Å². The van der Waals surface area contributed by atoms with E-state index in [1.54, 1.807) is 29.9 Å². The van der Waals surface area contributed by atoms with Crippen LogP contribution < -0.4 is 16.4 Å². The lowest BCUT2D eigenvalue weighted by Gasteiger charge is -2.26. The highest BCUT2D eigenvalue weighted by Gasteiger charge is 2.21. The molecule has 1 aliphatic carbocycles. The first kappa shape index (κ1) is 19.3. The predicted molar refractivity (Wildman–Crippen MR) is 118 cm³/mol. The number of nitrogens with two attached hydrogens (primary N) is 1. The van der Waals surface area contributed by atoms with E-state index in [0.717, 1.165) is 47.4 Å². The number of allylic oxidation sites excluding steroid dienone is 1. The number of aliphatic hydroxyl groups is 1. The van der Waals surface area contributed by atoms with Gasteiger partial charge in [-0.15, -0.1) is 11.3 Å². The number of aliphatic imine (C=N–C) groups is 1. The second-order valence-corrected chi connectivity index (χ2v) is 7.81. The zero-order valence-corrected chi connectivity index (χ0v) is 16.6. The Morgan fingerprint density at radius 2 is 2.10 bits per heavy atom. The van der Waals surface area contributed by atoms with E-state index in [1.807, 2.05) is 23.6 Å². The number of aliphatic hydroxyl groups excluding tert-OH is 1. The van der Waals surface area contributed by atoms with Crippen molar-refractivity contribution in [1.82, 2.24) is 15.0 Å². The lowest BCUT2D eigenvalue weighted by atomic mass is 9.93. The van der Waals surface area contributed by atoms with E-state index >= 15 is 0 Å². The molecule has 0 spiro atoms. The first-order valence-electron chi connectivity index (χ1n) is 9.54. The summed E-state index contributed by atoms with van der Waals surface area (Å²) in [5.41, 5.74) is 7.93. The summed E-state index contributed by atoms with van der Waals surface area (Å²) in [5.74, 6) is 1.25. The zero-order chi connectivity index (χ0) is 20.1. The quantitative estimate of drug-likeness (QED) is 0.460. The van der Waals surface area contributed by atoms with Crippen LogP contribution in [0.25, 0.3) is 10.2 Å². The summed E-state index contributed by atoms with van der Waals surface area (Å²) in [6.07, 6.45) is 9.69. The molecule has 1 aliphatic rings. The Morgan fingerprint density at radius 3 is 2.86 bits per heavy atom. The van der Waals surface area contributed by atoms with Crippen molar-refractivity contribution in [2.75, 3.05) is 10.6 Å². The maximum Gasteiger partial charge on any atom is 0.229 e. The van der Waals surface area contributed by atoms with E-state index < -0.39 is 0 Å². The summed E-state index contributed by atoms with van der Waals surface area (Å²) < 4.78 is 1.02. The Morgan fingerprint density at radius 1 is 1.24 bits per heavy atom. The van der Waals surface area contributed by atoms with E-state index in [2.05, 4.69) is 30.6 Å². The van der Waals surface area contributed by atoms with Gasteiger partial charge in [0.15, 0.2) is 0 Å². The van der Waals surface area contributed by atoms with Crippen molar-refractivity contribution in [2.45, 2.75) is 37.8 Å². The van der Waals surface area contributed by atoms with Crippen molar-refractivity contribution in [2.24, 2.45) is 10.7 Å². The highest BCUT2D eigenvalue weighted by atomic mass is 32.1. The number of pyridine rings is 1. The summed E-state index contributed by atoms with van der Waals surface area (Å²) >= 11 is 1.61. The molecule has 0 bridgehead atoms. The van der Waals surface area contributed by atoms with Gasteiger partial charge in [-0.2, -0.15) is 4.98 Å². The van der Waals surface area contributed by atoms with Crippen LogP contribution >= 0.6 is 11.3 Å². The van der Waals surface area contributed by atoms with Crippen LogP contribution in [-0.4, -0.2) is 38.4 Å². The van der Waals surface area contributed by atoms with Crippen molar-refractivity contribution < 1.29 is 5.11 Å². The molecule has 150 valence electrons. The SMILES string of the molecule is NC=C(C=Nc1cccnc1)Nc1nc(NC2CCC(O)CC2)c2sccc2n1. The van der Waals surface area contributed by atoms with E-state index in [4.69, 9.17) is 5.73 Å². The Bertz CT molecular complexity index is 1010. The Kier molecular flexibility index (Phi) is 5.97. The van der Waals surface area contributed by atoms with Crippen LogP contribution in [0.1, 0.15) is 25.7 Å². The molecule has 1 fully saturated rings. The number of hydrogen-bond acceptors (Lipinski definition) is 9. The number of rotatable bonds is 6. The molecular weight excluding hydrogens is 386 g/mol. The Hall–Kier alpha value is -3.04. The van der Waals surface area contributed by atoms with E-state index in [1.165, 1.54) is 6.20 Å². The molecule has 3 heterocycles. The molecular formula is C20H23N7OS. The average molecular weight is 410 g/mol. The number of hydrogen-bond donors (Lipinski definition) is 4. The second-order valence-electron chi connectivity index (χ2n) is 6.90. The lowest BCUT2D eigenvalue weighted by molar-refractivity contribution is 0.126. The number of nitrogens with zero attached hydrogens (tertiary/aromatic N) is 4. The summed E-state index contributed by atoms with van der Waals surface area (Å²) in [5, 5.41) is 18.4. The monoisotopic (exact) mass is 409 g/mol. The molecule has 5 N–H and O–H groups in total.